The van der Waals surface area contributed by atoms with Crippen molar-refractivity contribution in [1.29, 1.82) is 0 Å². The molecule has 0 radical (unpaired) electrons. The van der Waals surface area contributed by atoms with Gasteiger partial charge in [-0.1, -0.05) is 12.1 Å². The van der Waals surface area contributed by atoms with Gasteiger partial charge in [0, 0.05) is 36.9 Å². The van der Waals surface area contributed by atoms with Crippen LogP contribution in [-0.4, -0.2) is 25.6 Å². The Balaban J connectivity index is 1.51. The Morgan fingerprint density at radius 3 is 2.70 bits per heavy atom. The summed E-state index contributed by atoms with van der Waals surface area (Å²) in [6, 6.07) is 9.75. The predicted molar refractivity (Wildman–Crippen MR) is 109 cm³/mol. The molecule has 0 atom stereocenters. The smallest absolute Gasteiger partial charge is 0.256 e. The van der Waals surface area contributed by atoms with Gasteiger partial charge in [-0.3, -0.25) is 14.5 Å². The van der Waals surface area contributed by atoms with E-state index in [0.717, 1.165) is 5.56 Å². The first-order valence-electron chi connectivity index (χ1n) is 9.57. The minimum absolute atomic E-state index is 0.142. The fourth-order valence-corrected chi connectivity index (χ4v) is 4.07. The summed E-state index contributed by atoms with van der Waals surface area (Å²) in [6.07, 6.45) is 3.38. The van der Waals surface area contributed by atoms with Gasteiger partial charge in [0.15, 0.2) is 5.82 Å². The van der Waals surface area contributed by atoms with Crippen molar-refractivity contribution in [2.75, 3.05) is 0 Å². The van der Waals surface area contributed by atoms with E-state index in [1.165, 1.54) is 12.1 Å². The fraction of sp³-hybridized carbons (Fsp3) is 0.174. The average Bonchev–Trinajstić information content (AvgIpc) is 3.26. The lowest BCUT2D eigenvalue weighted by Gasteiger charge is -2.18. The maximum Gasteiger partial charge on any atom is 0.256 e. The lowest BCUT2D eigenvalue weighted by molar-refractivity contribution is 0.0764. The summed E-state index contributed by atoms with van der Waals surface area (Å²) in [7, 11) is 1.72. The van der Waals surface area contributed by atoms with Crippen LogP contribution in [-0.2, 0) is 20.1 Å². The fourth-order valence-electron chi connectivity index (χ4n) is 4.07. The first kappa shape index (κ1) is 18.4. The van der Waals surface area contributed by atoms with Crippen LogP contribution in [0.3, 0.4) is 0 Å². The molecule has 0 bridgehead atoms. The van der Waals surface area contributed by atoms with Crippen LogP contribution in [0.1, 0.15) is 27.2 Å². The van der Waals surface area contributed by atoms with Gasteiger partial charge in [-0.2, -0.15) is 5.10 Å². The Kier molecular flexibility index (Phi) is 4.13. The lowest BCUT2D eigenvalue weighted by atomic mass is 9.96. The number of aryl methyl sites for hydroxylation is 2. The summed E-state index contributed by atoms with van der Waals surface area (Å²) in [5.74, 6) is -0.955. The maximum atomic E-state index is 15.1. The van der Waals surface area contributed by atoms with Crippen LogP contribution in [0.4, 0.5) is 8.78 Å². The molecule has 5 rings (SSSR count). The third kappa shape index (κ3) is 2.85. The van der Waals surface area contributed by atoms with Gasteiger partial charge < -0.3 is 4.90 Å². The Labute approximate surface area is 171 Å². The minimum Gasteiger partial charge on any atom is -0.328 e. The van der Waals surface area contributed by atoms with Gasteiger partial charge in [0.1, 0.15) is 11.3 Å². The van der Waals surface area contributed by atoms with Crippen molar-refractivity contribution in [3.63, 3.8) is 0 Å². The van der Waals surface area contributed by atoms with Gasteiger partial charge in [0.2, 0.25) is 0 Å². The van der Waals surface area contributed by atoms with Crippen LogP contribution in [0.25, 0.3) is 22.0 Å². The monoisotopic (exact) mass is 404 g/mol. The summed E-state index contributed by atoms with van der Waals surface area (Å²) in [4.78, 5) is 18.5. The summed E-state index contributed by atoms with van der Waals surface area (Å²) >= 11 is 0. The van der Waals surface area contributed by atoms with Crippen molar-refractivity contribution >= 4 is 16.8 Å². The number of amides is 1. The van der Waals surface area contributed by atoms with Gasteiger partial charge in [-0.25, -0.2) is 8.78 Å². The van der Waals surface area contributed by atoms with Crippen LogP contribution in [0.5, 0.6) is 0 Å². The molecule has 1 aliphatic heterocycles. The normalized spacial score (nSPS) is 13.3. The standard InChI is InChI=1S/C23H18F2N4O/c1-13-8-14(15-5-6-19(24)22-18(15)10-28(2)27-22)9-20(25)17(13)11-29-12-21-16(23(29)30)4-3-7-26-21/h3-10H,11-12H2,1-2H3. The van der Waals surface area contributed by atoms with E-state index in [1.54, 1.807) is 47.2 Å². The number of aromatic nitrogens is 3. The molecular formula is C23H18F2N4O. The van der Waals surface area contributed by atoms with E-state index in [2.05, 4.69) is 10.1 Å². The summed E-state index contributed by atoms with van der Waals surface area (Å²) < 4.78 is 30.8. The molecule has 0 unspecified atom stereocenters. The zero-order valence-corrected chi connectivity index (χ0v) is 16.5. The molecule has 5 nitrogen and oxygen atoms in total. The first-order valence-corrected chi connectivity index (χ1v) is 9.57. The zero-order valence-electron chi connectivity index (χ0n) is 16.5. The topological polar surface area (TPSA) is 51.0 Å². The number of rotatable bonds is 3. The predicted octanol–water partition coefficient (Wildman–Crippen LogP) is 4.38. The second-order valence-corrected chi connectivity index (χ2v) is 7.57. The molecule has 0 fully saturated rings. The molecule has 4 aromatic rings. The minimum atomic E-state index is -0.413. The van der Waals surface area contributed by atoms with E-state index < -0.39 is 11.6 Å². The SMILES string of the molecule is Cc1cc(-c2ccc(F)c3nn(C)cc23)cc(F)c1CN1Cc2ncccc2C1=O. The molecule has 3 heterocycles. The van der Waals surface area contributed by atoms with E-state index in [1.807, 2.05) is 13.0 Å². The molecule has 2 aromatic carbocycles. The number of pyridine rings is 1. The van der Waals surface area contributed by atoms with E-state index in [-0.39, 0.29) is 18.0 Å². The molecule has 7 heteroatoms. The van der Waals surface area contributed by atoms with Crippen molar-refractivity contribution in [1.82, 2.24) is 19.7 Å². The average molecular weight is 404 g/mol. The Hall–Kier alpha value is -3.61. The largest absolute Gasteiger partial charge is 0.328 e. The molecule has 0 spiro atoms. The summed E-state index contributed by atoms with van der Waals surface area (Å²) in [6.45, 7) is 2.35. The number of halogens is 2. The van der Waals surface area contributed by atoms with Crippen LogP contribution in [0.2, 0.25) is 0 Å². The number of carbonyl (C=O) groups is 1. The highest BCUT2D eigenvalue weighted by Gasteiger charge is 2.29. The molecule has 0 aliphatic carbocycles. The molecule has 2 aromatic heterocycles. The molecule has 30 heavy (non-hydrogen) atoms. The highest BCUT2D eigenvalue weighted by molar-refractivity contribution is 5.98. The summed E-state index contributed by atoms with van der Waals surface area (Å²) in [5, 5.41) is 4.78. The molecule has 150 valence electrons. The molecule has 1 amide bonds. The van der Waals surface area contributed by atoms with Crippen molar-refractivity contribution in [2.45, 2.75) is 20.0 Å². The van der Waals surface area contributed by atoms with Gasteiger partial charge in [0.05, 0.1) is 17.8 Å². The van der Waals surface area contributed by atoms with Gasteiger partial charge in [-0.15, -0.1) is 0 Å². The highest BCUT2D eigenvalue weighted by Crippen LogP contribution is 2.33. The third-order valence-electron chi connectivity index (χ3n) is 5.57. The first-order chi connectivity index (χ1) is 14.4. The van der Waals surface area contributed by atoms with Gasteiger partial charge in [-0.05, 0) is 47.9 Å². The van der Waals surface area contributed by atoms with Crippen molar-refractivity contribution in [2.24, 2.45) is 7.05 Å². The lowest BCUT2D eigenvalue weighted by Crippen LogP contribution is -2.24. The quantitative estimate of drug-likeness (QED) is 0.509. The number of fused-ring (bicyclic) bond motifs is 2. The zero-order chi connectivity index (χ0) is 21.0. The van der Waals surface area contributed by atoms with Crippen molar-refractivity contribution in [3.8, 4) is 11.1 Å². The van der Waals surface area contributed by atoms with Gasteiger partial charge >= 0.3 is 0 Å². The second-order valence-electron chi connectivity index (χ2n) is 7.57. The number of carbonyl (C=O) groups excluding carboxylic acids is 1. The molecule has 0 N–H and O–H groups in total. The van der Waals surface area contributed by atoms with E-state index >= 15 is 4.39 Å². The van der Waals surface area contributed by atoms with Crippen molar-refractivity contribution in [3.05, 3.63) is 82.8 Å². The van der Waals surface area contributed by atoms with Crippen LogP contribution in [0.15, 0.2) is 48.8 Å². The number of hydrogen-bond donors (Lipinski definition) is 0. The van der Waals surface area contributed by atoms with Crippen LogP contribution in [0, 0.1) is 18.6 Å². The number of nitrogens with zero attached hydrogens (tertiary/aromatic N) is 4. The third-order valence-corrected chi connectivity index (χ3v) is 5.57. The Morgan fingerprint density at radius 2 is 1.93 bits per heavy atom. The Bertz CT molecular complexity index is 1310. The molecule has 1 aliphatic rings. The van der Waals surface area contributed by atoms with E-state index in [0.29, 0.717) is 39.9 Å². The van der Waals surface area contributed by atoms with E-state index in [9.17, 15) is 9.18 Å². The summed E-state index contributed by atoms with van der Waals surface area (Å²) in [5.41, 5.74) is 4.07. The number of hydrogen-bond acceptors (Lipinski definition) is 3. The molecule has 0 saturated carbocycles. The highest BCUT2D eigenvalue weighted by atomic mass is 19.1. The second kappa shape index (κ2) is 6.73. The van der Waals surface area contributed by atoms with Crippen molar-refractivity contribution < 1.29 is 13.6 Å². The van der Waals surface area contributed by atoms with E-state index in [4.69, 9.17) is 0 Å². The molecular weight excluding hydrogens is 386 g/mol. The maximum absolute atomic E-state index is 15.1. The van der Waals surface area contributed by atoms with Crippen LogP contribution < -0.4 is 0 Å². The number of benzene rings is 2. The Morgan fingerprint density at radius 1 is 1.10 bits per heavy atom. The van der Waals surface area contributed by atoms with Crippen LogP contribution >= 0.6 is 0 Å². The molecule has 0 saturated heterocycles. The van der Waals surface area contributed by atoms with Gasteiger partial charge in [0.25, 0.3) is 5.91 Å².